The summed E-state index contributed by atoms with van der Waals surface area (Å²) in [5.74, 6) is 5.73. The van der Waals surface area contributed by atoms with E-state index in [2.05, 4.69) is 23.7 Å². The van der Waals surface area contributed by atoms with Crippen molar-refractivity contribution >= 4 is 0 Å². The Labute approximate surface area is 199 Å². The molecule has 3 aromatic rings. The van der Waals surface area contributed by atoms with Crippen molar-refractivity contribution in [3.63, 3.8) is 0 Å². The van der Waals surface area contributed by atoms with E-state index in [0.717, 1.165) is 30.5 Å². The number of alkyl halides is 4. The molecule has 0 bridgehead atoms. The van der Waals surface area contributed by atoms with Crippen LogP contribution >= 0.6 is 0 Å². The van der Waals surface area contributed by atoms with E-state index in [1.165, 1.54) is 12.1 Å². The topological polar surface area (TPSA) is 0 Å². The molecule has 0 radical (unpaired) electrons. The summed E-state index contributed by atoms with van der Waals surface area (Å²) < 4.78 is 56.2. The second kappa shape index (κ2) is 10.2. The summed E-state index contributed by atoms with van der Waals surface area (Å²) >= 11 is 0. The highest BCUT2D eigenvalue weighted by Gasteiger charge is 2.28. The van der Waals surface area contributed by atoms with E-state index in [9.17, 15) is 17.6 Å². The minimum atomic E-state index is -3.03. The van der Waals surface area contributed by atoms with Crippen LogP contribution in [0.25, 0.3) is 0 Å². The Hall–Kier alpha value is -3.50. The van der Waals surface area contributed by atoms with Gasteiger partial charge in [-0.2, -0.15) is 0 Å². The maximum atomic E-state index is 14.1. The van der Waals surface area contributed by atoms with Gasteiger partial charge in [-0.15, -0.1) is 0 Å². The summed E-state index contributed by atoms with van der Waals surface area (Å²) in [4.78, 5) is 0. The highest BCUT2D eigenvalue weighted by atomic mass is 19.3. The Kier molecular flexibility index (Phi) is 7.53. The van der Waals surface area contributed by atoms with Crippen molar-refractivity contribution in [2.45, 2.75) is 52.4 Å². The lowest BCUT2D eigenvalue weighted by Crippen LogP contribution is -2.18. The average molecular weight is 463 g/mol. The van der Waals surface area contributed by atoms with Crippen LogP contribution in [0.15, 0.2) is 60.7 Å². The van der Waals surface area contributed by atoms with Crippen molar-refractivity contribution in [3.8, 4) is 23.7 Å². The van der Waals surface area contributed by atoms with Crippen molar-refractivity contribution in [3.05, 3.63) is 105 Å². The van der Waals surface area contributed by atoms with Crippen LogP contribution in [0.4, 0.5) is 17.6 Å². The van der Waals surface area contributed by atoms with Gasteiger partial charge in [-0.05, 0) is 75.2 Å². The number of hydrogen-bond acceptors (Lipinski definition) is 0. The summed E-state index contributed by atoms with van der Waals surface area (Å²) in [6.07, 6.45) is -1.24. The molecule has 0 aliphatic carbocycles. The Bertz CT molecular complexity index is 1230. The number of hydrogen-bond donors (Lipinski definition) is 0. The van der Waals surface area contributed by atoms with Gasteiger partial charge in [0.1, 0.15) is 0 Å². The van der Waals surface area contributed by atoms with E-state index >= 15 is 0 Å². The quantitative estimate of drug-likeness (QED) is 0.278. The molecule has 34 heavy (non-hydrogen) atoms. The van der Waals surface area contributed by atoms with Gasteiger partial charge in [0.2, 0.25) is 11.8 Å². The van der Waals surface area contributed by atoms with Crippen molar-refractivity contribution in [2.24, 2.45) is 0 Å². The third-order valence-corrected chi connectivity index (χ3v) is 5.09. The first-order valence-electron chi connectivity index (χ1n) is 11.0. The number of benzene rings is 3. The molecule has 0 spiro atoms. The molecule has 0 aliphatic rings. The van der Waals surface area contributed by atoms with E-state index < -0.39 is 24.7 Å². The molecule has 0 aliphatic heterocycles. The van der Waals surface area contributed by atoms with Crippen molar-refractivity contribution < 1.29 is 17.6 Å². The first-order chi connectivity index (χ1) is 15.9. The fourth-order valence-electron chi connectivity index (χ4n) is 3.50. The van der Waals surface area contributed by atoms with Crippen LogP contribution in [0.2, 0.25) is 0 Å². The predicted molar refractivity (Wildman–Crippen MR) is 129 cm³/mol. The molecule has 0 amide bonds. The van der Waals surface area contributed by atoms with Gasteiger partial charge in [0.25, 0.3) is 0 Å². The standard InChI is InChI=1S/C30H26F4/c1-21-5-9-23(10-6-21)13-14-25-17-26(19-29(3,31)32)28(27(18-25)20-30(4,33)34)16-15-24-11-7-22(2)8-12-24/h5-12,17-18H,19-20H2,1-4H3. The van der Waals surface area contributed by atoms with Gasteiger partial charge >= 0.3 is 0 Å². The Balaban J connectivity index is 2.15. The summed E-state index contributed by atoms with van der Waals surface area (Å²) in [5.41, 5.74) is 4.60. The maximum absolute atomic E-state index is 14.1. The zero-order valence-electron chi connectivity index (χ0n) is 19.7. The second-order valence-corrected chi connectivity index (χ2v) is 8.90. The summed E-state index contributed by atoms with van der Waals surface area (Å²) in [6, 6.07) is 18.0. The molecule has 4 heteroatoms. The molecule has 0 saturated carbocycles. The normalized spacial score (nSPS) is 11.3. The minimum Gasteiger partial charge on any atom is -0.207 e. The number of aryl methyl sites for hydroxylation is 2. The van der Waals surface area contributed by atoms with Crippen molar-refractivity contribution in [2.75, 3.05) is 0 Å². The van der Waals surface area contributed by atoms with Gasteiger partial charge in [-0.1, -0.05) is 59.1 Å². The molecule has 0 nitrogen and oxygen atoms in total. The average Bonchev–Trinajstić information content (AvgIpc) is 2.72. The fourth-order valence-corrected chi connectivity index (χ4v) is 3.50. The summed E-state index contributed by atoms with van der Waals surface area (Å²) in [7, 11) is 0. The van der Waals surface area contributed by atoms with Gasteiger partial charge in [0.05, 0.1) is 0 Å². The Morgan fingerprint density at radius 3 is 1.29 bits per heavy atom. The van der Waals surface area contributed by atoms with Crippen molar-refractivity contribution in [1.29, 1.82) is 0 Å². The number of halogens is 4. The molecule has 0 fully saturated rings. The van der Waals surface area contributed by atoms with Crippen LogP contribution in [-0.4, -0.2) is 11.8 Å². The van der Waals surface area contributed by atoms with Crippen LogP contribution in [0.3, 0.4) is 0 Å². The van der Waals surface area contributed by atoms with Gasteiger partial charge < -0.3 is 0 Å². The lowest BCUT2D eigenvalue weighted by atomic mass is 9.91. The van der Waals surface area contributed by atoms with Gasteiger partial charge in [0.15, 0.2) is 0 Å². The third kappa shape index (κ3) is 7.82. The lowest BCUT2D eigenvalue weighted by molar-refractivity contribution is 0.0217. The molecule has 3 aromatic carbocycles. The van der Waals surface area contributed by atoms with Gasteiger partial charge in [-0.3, -0.25) is 0 Å². The smallest absolute Gasteiger partial charge is 0.207 e. The van der Waals surface area contributed by atoms with Crippen LogP contribution < -0.4 is 0 Å². The van der Waals surface area contributed by atoms with E-state index in [1.54, 1.807) is 0 Å². The van der Waals surface area contributed by atoms with Crippen LogP contribution in [0.1, 0.15) is 58.4 Å². The monoisotopic (exact) mass is 462 g/mol. The Morgan fingerprint density at radius 2 is 0.912 bits per heavy atom. The first kappa shape index (κ1) is 25.1. The van der Waals surface area contributed by atoms with Crippen LogP contribution in [0.5, 0.6) is 0 Å². The van der Waals surface area contributed by atoms with E-state index in [1.807, 2.05) is 62.4 Å². The lowest BCUT2D eigenvalue weighted by Gasteiger charge is -2.18. The van der Waals surface area contributed by atoms with E-state index in [-0.39, 0.29) is 16.7 Å². The fraction of sp³-hybridized carbons (Fsp3) is 0.267. The molecule has 0 unspecified atom stereocenters. The van der Waals surface area contributed by atoms with Crippen LogP contribution in [-0.2, 0) is 12.8 Å². The largest absolute Gasteiger partial charge is 0.249 e. The maximum Gasteiger partial charge on any atom is 0.249 e. The van der Waals surface area contributed by atoms with Crippen molar-refractivity contribution in [1.82, 2.24) is 0 Å². The molecule has 0 N–H and O–H groups in total. The van der Waals surface area contributed by atoms with E-state index in [0.29, 0.717) is 11.1 Å². The number of rotatable bonds is 4. The SMILES string of the molecule is Cc1ccc(C#Cc2cc(CC(C)(F)F)c(C#Cc3ccc(C)cc3)c(CC(C)(F)F)c2)cc1. The minimum absolute atomic E-state index is 0.210. The zero-order valence-corrected chi connectivity index (χ0v) is 19.7. The third-order valence-electron chi connectivity index (χ3n) is 5.09. The molecule has 3 rings (SSSR count). The Morgan fingerprint density at radius 1 is 0.559 bits per heavy atom. The predicted octanol–water partition coefficient (Wildman–Crippen LogP) is 7.50. The molecule has 0 heterocycles. The second-order valence-electron chi connectivity index (χ2n) is 8.90. The van der Waals surface area contributed by atoms with Gasteiger partial charge in [-0.25, -0.2) is 17.6 Å². The molecule has 0 saturated heterocycles. The zero-order chi connectivity index (χ0) is 24.9. The molecular weight excluding hydrogens is 436 g/mol. The van der Waals surface area contributed by atoms with Gasteiger partial charge in [0, 0.05) is 35.1 Å². The first-order valence-corrected chi connectivity index (χ1v) is 11.0. The summed E-state index contributed by atoms with van der Waals surface area (Å²) in [5, 5.41) is 0. The molecule has 0 aromatic heterocycles. The highest BCUT2D eigenvalue weighted by molar-refractivity contribution is 5.56. The molecular formula is C30H26F4. The summed E-state index contributed by atoms with van der Waals surface area (Å²) in [6.45, 7) is 5.52. The van der Waals surface area contributed by atoms with Crippen LogP contribution in [0, 0.1) is 37.5 Å². The van der Waals surface area contributed by atoms with E-state index in [4.69, 9.17) is 0 Å². The highest BCUT2D eigenvalue weighted by Crippen LogP contribution is 2.29. The molecule has 0 atom stereocenters. The molecule has 174 valence electrons.